The van der Waals surface area contributed by atoms with E-state index >= 15 is 0 Å². The quantitative estimate of drug-likeness (QED) is 0.665. The van der Waals surface area contributed by atoms with Gasteiger partial charge in [0.25, 0.3) is 0 Å². The molecular weight excluding hydrogens is 414 g/mol. The van der Waals surface area contributed by atoms with Gasteiger partial charge in [-0.15, -0.1) is 0 Å². The Kier molecular flexibility index (Phi) is 8.13. The number of hydrogen-bond donors (Lipinski definition) is 1. The maximum atomic E-state index is 12.8. The topological polar surface area (TPSA) is 61.9 Å². The molecule has 2 aliphatic heterocycles. The van der Waals surface area contributed by atoms with E-state index in [0.717, 1.165) is 50.3 Å². The number of benzene rings is 2. The van der Waals surface area contributed by atoms with Gasteiger partial charge >= 0.3 is 0 Å². The summed E-state index contributed by atoms with van der Waals surface area (Å²) >= 11 is 0. The lowest BCUT2D eigenvalue weighted by atomic mass is 10.0. The van der Waals surface area contributed by atoms with E-state index in [9.17, 15) is 9.59 Å². The fourth-order valence-electron chi connectivity index (χ4n) is 5.05. The normalized spacial score (nSPS) is 19.5. The van der Waals surface area contributed by atoms with E-state index in [-0.39, 0.29) is 11.8 Å². The molecule has 0 aliphatic carbocycles. The molecule has 4 rings (SSSR count). The fourth-order valence-corrected chi connectivity index (χ4v) is 5.05. The monoisotopic (exact) mass is 449 g/mol. The Morgan fingerprint density at radius 3 is 2.36 bits per heavy atom. The van der Waals surface area contributed by atoms with Crippen molar-refractivity contribution in [3.63, 3.8) is 0 Å². The average Bonchev–Trinajstić information content (AvgIpc) is 3.29. The van der Waals surface area contributed by atoms with Crippen LogP contribution >= 0.6 is 0 Å². The Labute approximate surface area is 196 Å². The summed E-state index contributed by atoms with van der Waals surface area (Å²) in [6.07, 6.45) is 4.89. The van der Waals surface area contributed by atoms with E-state index in [1.54, 1.807) is 0 Å². The van der Waals surface area contributed by atoms with Crippen molar-refractivity contribution in [3.8, 4) is 0 Å². The smallest absolute Gasteiger partial charge is 0.226 e. The van der Waals surface area contributed by atoms with Crippen molar-refractivity contribution in [1.29, 1.82) is 0 Å². The van der Waals surface area contributed by atoms with Crippen molar-refractivity contribution in [2.45, 2.75) is 57.7 Å². The third kappa shape index (κ3) is 6.65. The fraction of sp³-hybridized carbons (Fsp3) is 0.481. The van der Waals surface area contributed by atoms with Crippen molar-refractivity contribution < 1.29 is 14.3 Å². The summed E-state index contributed by atoms with van der Waals surface area (Å²) in [5.74, 6) is 0.0922. The molecule has 0 aromatic heterocycles. The predicted molar refractivity (Wildman–Crippen MR) is 130 cm³/mol. The maximum Gasteiger partial charge on any atom is 0.226 e. The molecule has 0 bridgehead atoms. The van der Waals surface area contributed by atoms with Crippen LogP contribution in [-0.4, -0.2) is 59.9 Å². The number of hydrogen-bond acceptors (Lipinski definition) is 4. The third-order valence-electron chi connectivity index (χ3n) is 6.76. The molecule has 2 saturated heterocycles. The molecule has 1 N–H and O–H groups in total. The highest BCUT2D eigenvalue weighted by molar-refractivity contribution is 5.88. The summed E-state index contributed by atoms with van der Waals surface area (Å²) in [6.45, 7) is 5.72. The molecule has 6 nitrogen and oxygen atoms in total. The Morgan fingerprint density at radius 1 is 0.939 bits per heavy atom. The zero-order chi connectivity index (χ0) is 23.0. The maximum absolute atomic E-state index is 12.8. The molecule has 2 aromatic rings. The van der Waals surface area contributed by atoms with Gasteiger partial charge in [0.1, 0.15) is 0 Å². The van der Waals surface area contributed by atoms with Crippen molar-refractivity contribution >= 4 is 17.5 Å². The Hall–Kier alpha value is -2.70. The number of piperidine rings is 1. The van der Waals surface area contributed by atoms with E-state index in [0.29, 0.717) is 25.1 Å². The Morgan fingerprint density at radius 2 is 1.67 bits per heavy atom. The van der Waals surface area contributed by atoms with Gasteiger partial charge in [-0.3, -0.25) is 14.5 Å². The Balaban J connectivity index is 1.21. The third-order valence-corrected chi connectivity index (χ3v) is 6.76. The number of ether oxygens (including phenoxy) is 1. The van der Waals surface area contributed by atoms with E-state index in [1.807, 2.05) is 35.2 Å². The molecule has 2 aliphatic rings. The van der Waals surface area contributed by atoms with Crippen LogP contribution in [0.4, 0.5) is 5.69 Å². The van der Waals surface area contributed by atoms with Gasteiger partial charge in [0.05, 0.1) is 19.6 Å². The number of carbonyl (C=O) groups is 2. The van der Waals surface area contributed by atoms with Crippen LogP contribution in [0, 0.1) is 0 Å². The first-order valence-corrected chi connectivity index (χ1v) is 12.1. The lowest BCUT2D eigenvalue weighted by Gasteiger charge is -2.39. The van der Waals surface area contributed by atoms with Crippen molar-refractivity contribution in [2.24, 2.45) is 0 Å². The molecule has 2 amide bonds. The van der Waals surface area contributed by atoms with Crippen LogP contribution in [0.5, 0.6) is 0 Å². The zero-order valence-electron chi connectivity index (χ0n) is 19.5. The SMILES string of the molecule is CC(=O)Nc1ccc(CC(=O)N2CCC(N3CCCC3COCc3ccccc3)CC2)cc1. The van der Waals surface area contributed by atoms with Crippen molar-refractivity contribution in [3.05, 3.63) is 65.7 Å². The van der Waals surface area contributed by atoms with E-state index in [1.165, 1.54) is 25.3 Å². The highest BCUT2D eigenvalue weighted by Crippen LogP contribution is 2.27. The molecule has 2 aromatic carbocycles. The first-order chi connectivity index (χ1) is 16.1. The zero-order valence-corrected chi connectivity index (χ0v) is 19.5. The standard InChI is InChI=1S/C27H35N3O3/c1-21(31)28-24-11-9-22(10-12-24)18-27(32)29-16-13-25(14-17-29)30-15-5-8-26(30)20-33-19-23-6-3-2-4-7-23/h2-4,6-7,9-12,25-26H,5,8,13-20H2,1H3,(H,28,31). The molecule has 0 radical (unpaired) electrons. The molecule has 1 atom stereocenters. The minimum absolute atomic E-state index is 0.0929. The van der Waals surface area contributed by atoms with E-state index in [4.69, 9.17) is 4.74 Å². The van der Waals surface area contributed by atoms with Crippen LogP contribution in [0.3, 0.4) is 0 Å². The van der Waals surface area contributed by atoms with Crippen LogP contribution in [0.15, 0.2) is 54.6 Å². The van der Waals surface area contributed by atoms with Gasteiger partial charge in [0, 0.05) is 37.8 Å². The number of anilines is 1. The van der Waals surface area contributed by atoms with Crippen LogP contribution in [-0.2, 0) is 27.4 Å². The number of likely N-dealkylation sites (tertiary alicyclic amines) is 2. The van der Waals surface area contributed by atoms with Gasteiger partial charge < -0.3 is 15.0 Å². The summed E-state index contributed by atoms with van der Waals surface area (Å²) in [5.41, 5.74) is 2.96. The lowest BCUT2D eigenvalue weighted by Crippen LogP contribution is -2.49. The minimum atomic E-state index is -0.0929. The summed E-state index contributed by atoms with van der Waals surface area (Å²) in [5, 5.41) is 2.76. The molecule has 6 heteroatoms. The lowest BCUT2D eigenvalue weighted by molar-refractivity contribution is -0.132. The second-order valence-corrected chi connectivity index (χ2v) is 9.20. The average molecular weight is 450 g/mol. The molecule has 33 heavy (non-hydrogen) atoms. The summed E-state index contributed by atoms with van der Waals surface area (Å²) < 4.78 is 6.05. The molecule has 0 spiro atoms. The minimum Gasteiger partial charge on any atom is -0.375 e. The van der Waals surface area contributed by atoms with Crippen molar-refractivity contribution in [1.82, 2.24) is 9.80 Å². The first kappa shape index (κ1) is 23.5. The second kappa shape index (κ2) is 11.4. The molecule has 1 unspecified atom stereocenters. The first-order valence-electron chi connectivity index (χ1n) is 12.1. The van der Waals surface area contributed by atoms with Crippen LogP contribution in [0.25, 0.3) is 0 Å². The second-order valence-electron chi connectivity index (χ2n) is 9.20. The molecular formula is C27H35N3O3. The highest BCUT2D eigenvalue weighted by atomic mass is 16.5. The van der Waals surface area contributed by atoms with Gasteiger partial charge in [-0.05, 0) is 55.5 Å². The van der Waals surface area contributed by atoms with Crippen LogP contribution < -0.4 is 5.32 Å². The van der Waals surface area contributed by atoms with Gasteiger partial charge in [0.2, 0.25) is 11.8 Å². The predicted octanol–water partition coefficient (Wildman–Crippen LogP) is 3.86. The molecule has 0 saturated carbocycles. The summed E-state index contributed by atoms with van der Waals surface area (Å²) in [7, 11) is 0. The molecule has 2 fully saturated rings. The van der Waals surface area contributed by atoms with Gasteiger partial charge in [-0.1, -0.05) is 42.5 Å². The van der Waals surface area contributed by atoms with Gasteiger partial charge in [-0.25, -0.2) is 0 Å². The van der Waals surface area contributed by atoms with Crippen molar-refractivity contribution in [2.75, 3.05) is 31.6 Å². The summed E-state index contributed by atoms with van der Waals surface area (Å²) in [6, 6.07) is 18.9. The van der Waals surface area contributed by atoms with E-state index < -0.39 is 0 Å². The van der Waals surface area contributed by atoms with Gasteiger partial charge in [-0.2, -0.15) is 0 Å². The number of rotatable bonds is 8. The largest absolute Gasteiger partial charge is 0.375 e. The Bertz CT molecular complexity index is 908. The van der Waals surface area contributed by atoms with Crippen LogP contribution in [0.1, 0.15) is 43.7 Å². The number of carbonyl (C=O) groups excluding carboxylic acids is 2. The molecule has 176 valence electrons. The van der Waals surface area contributed by atoms with Crippen LogP contribution in [0.2, 0.25) is 0 Å². The number of nitrogens with zero attached hydrogens (tertiary/aromatic N) is 2. The number of nitrogens with one attached hydrogen (secondary N) is 1. The van der Waals surface area contributed by atoms with Gasteiger partial charge in [0.15, 0.2) is 0 Å². The summed E-state index contributed by atoms with van der Waals surface area (Å²) in [4.78, 5) is 28.6. The van der Waals surface area contributed by atoms with E-state index in [2.05, 4.69) is 34.5 Å². The molecule has 2 heterocycles. The highest BCUT2D eigenvalue weighted by Gasteiger charge is 2.33. The number of amides is 2.